The molecule has 2 unspecified atom stereocenters. The highest BCUT2D eigenvalue weighted by atomic mass is 35.5. The predicted octanol–water partition coefficient (Wildman–Crippen LogP) is 4.64. The number of hydrogen-bond acceptors (Lipinski definition) is 4. The molecule has 0 saturated heterocycles. The van der Waals surface area contributed by atoms with Gasteiger partial charge in [-0.15, -0.1) is 0 Å². The third-order valence-corrected chi connectivity index (χ3v) is 5.41. The minimum Gasteiger partial charge on any atom is -0.336 e. The van der Waals surface area contributed by atoms with Crippen molar-refractivity contribution in [2.24, 2.45) is 0 Å². The molecule has 0 bridgehead atoms. The predicted molar refractivity (Wildman–Crippen MR) is 96.7 cm³/mol. The van der Waals surface area contributed by atoms with Crippen molar-refractivity contribution in [2.75, 3.05) is 0 Å². The van der Waals surface area contributed by atoms with Gasteiger partial charge >= 0.3 is 0 Å². The van der Waals surface area contributed by atoms with Crippen LogP contribution in [-0.2, 0) is 11.3 Å². The average molecular weight is 355 g/mol. The Balaban J connectivity index is 2.14. The topological polar surface area (TPSA) is 34.9 Å². The maximum absolute atomic E-state index is 12.3. The lowest BCUT2D eigenvalue weighted by molar-refractivity contribution is -0.110. The highest BCUT2D eigenvalue weighted by Crippen LogP contribution is 2.34. The second-order valence-electron chi connectivity index (χ2n) is 5.04. The lowest BCUT2D eigenvalue weighted by atomic mass is 10.1. The summed E-state index contributed by atoms with van der Waals surface area (Å²) in [4.78, 5) is 16.4. The van der Waals surface area contributed by atoms with Crippen LogP contribution in [0.2, 0.25) is 5.02 Å². The molecule has 1 heterocycles. The van der Waals surface area contributed by atoms with E-state index in [2.05, 4.69) is 24.5 Å². The van der Waals surface area contributed by atoms with E-state index in [1.54, 1.807) is 12.5 Å². The first-order valence-electron chi connectivity index (χ1n) is 7.20. The molecule has 2 atom stereocenters. The molecule has 0 fully saturated rings. The number of nitrogens with zero attached hydrogens (tertiary/aromatic N) is 2. The third kappa shape index (κ3) is 5.07. The lowest BCUT2D eigenvalue weighted by Gasteiger charge is -2.18. The van der Waals surface area contributed by atoms with Gasteiger partial charge in [0.2, 0.25) is 5.12 Å². The molecule has 6 heteroatoms. The monoisotopic (exact) mass is 354 g/mol. The van der Waals surface area contributed by atoms with Crippen LogP contribution < -0.4 is 0 Å². The summed E-state index contributed by atoms with van der Waals surface area (Å²) in [6, 6.07) is 7.65. The van der Waals surface area contributed by atoms with Crippen LogP contribution in [0.1, 0.15) is 30.6 Å². The highest BCUT2D eigenvalue weighted by Gasteiger charge is 2.21. The number of halogens is 1. The quantitative estimate of drug-likeness (QED) is 0.736. The van der Waals surface area contributed by atoms with Gasteiger partial charge in [0.05, 0.1) is 16.8 Å². The molecule has 0 radical (unpaired) electrons. The first kappa shape index (κ1) is 17.4. The maximum Gasteiger partial charge on any atom is 0.202 e. The van der Waals surface area contributed by atoms with Gasteiger partial charge in [-0.2, -0.15) is 12.6 Å². The van der Waals surface area contributed by atoms with E-state index < -0.39 is 0 Å². The van der Waals surface area contributed by atoms with Crippen LogP contribution in [0.5, 0.6) is 0 Å². The standard InChI is InChI=1S/C16H19ClN2OS2/c1-2-3-14(21)16(20)22-15(10-19-9-8-18-11-19)12-4-6-13(17)7-5-12/h4-9,11,14-15,21H,2-3,10H2,1H3. The average Bonchev–Trinajstić information content (AvgIpc) is 3.00. The zero-order valence-electron chi connectivity index (χ0n) is 12.4. The van der Waals surface area contributed by atoms with Crippen LogP contribution in [0.15, 0.2) is 43.0 Å². The largest absolute Gasteiger partial charge is 0.336 e. The SMILES string of the molecule is CCCC(S)C(=O)SC(Cn1ccnc1)c1ccc(Cl)cc1. The Kier molecular flexibility index (Phi) is 6.86. The molecule has 0 aliphatic rings. The molecule has 3 nitrogen and oxygen atoms in total. The van der Waals surface area contributed by atoms with Crippen LogP contribution in [0.25, 0.3) is 0 Å². The van der Waals surface area contributed by atoms with Gasteiger partial charge < -0.3 is 4.57 Å². The Hall–Kier alpha value is -0.910. The van der Waals surface area contributed by atoms with Crippen molar-refractivity contribution in [3.8, 4) is 0 Å². The first-order chi connectivity index (χ1) is 10.6. The van der Waals surface area contributed by atoms with E-state index >= 15 is 0 Å². The minimum atomic E-state index is -0.215. The Morgan fingerprint density at radius 3 is 2.73 bits per heavy atom. The van der Waals surface area contributed by atoms with E-state index in [9.17, 15) is 4.79 Å². The Morgan fingerprint density at radius 1 is 1.41 bits per heavy atom. The van der Waals surface area contributed by atoms with Gasteiger partial charge in [-0.3, -0.25) is 4.79 Å². The Bertz CT molecular complexity index is 587. The number of thiol groups is 1. The number of rotatable bonds is 7. The molecule has 0 aliphatic heterocycles. The zero-order valence-corrected chi connectivity index (χ0v) is 14.8. The summed E-state index contributed by atoms with van der Waals surface area (Å²) in [6.07, 6.45) is 7.15. The zero-order chi connectivity index (χ0) is 15.9. The van der Waals surface area contributed by atoms with E-state index in [-0.39, 0.29) is 15.6 Å². The molecule has 1 aromatic carbocycles. The number of carbonyl (C=O) groups is 1. The number of imidazole rings is 1. The summed E-state index contributed by atoms with van der Waals surface area (Å²) in [5, 5.41) is 0.614. The highest BCUT2D eigenvalue weighted by molar-refractivity contribution is 8.15. The van der Waals surface area contributed by atoms with Crippen LogP contribution >= 0.6 is 36.0 Å². The van der Waals surface area contributed by atoms with Crippen molar-refractivity contribution in [3.63, 3.8) is 0 Å². The third-order valence-electron chi connectivity index (χ3n) is 3.27. The minimum absolute atomic E-state index is 0.0190. The molecule has 1 aromatic heterocycles. The summed E-state index contributed by atoms with van der Waals surface area (Å²) in [5.74, 6) is 0. The van der Waals surface area contributed by atoms with Gasteiger partial charge in [0.1, 0.15) is 0 Å². The van der Waals surface area contributed by atoms with E-state index in [4.69, 9.17) is 11.6 Å². The molecule has 0 amide bonds. The van der Waals surface area contributed by atoms with E-state index in [0.29, 0.717) is 11.6 Å². The summed E-state index contributed by atoms with van der Waals surface area (Å²) >= 11 is 11.7. The number of aromatic nitrogens is 2. The van der Waals surface area contributed by atoms with E-state index in [1.165, 1.54) is 11.8 Å². The Morgan fingerprint density at radius 2 is 2.14 bits per heavy atom. The van der Waals surface area contributed by atoms with Crippen molar-refractivity contribution >= 4 is 41.1 Å². The summed E-state index contributed by atoms with van der Waals surface area (Å²) in [6.45, 7) is 2.74. The molecule has 22 heavy (non-hydrogen) atoms. The molecule has 118 valence electrons. The van der Waals surface area contributed by atoms with Gasteiger partial charge in [0, 0.05) is 24.0 Å². The molecular formula is C16H19ClN2OS2. The fourth-order valence-electron chi connectivity index (χ4n) is 2.08. The molecule has 2 rings (SSSR count). The molecule has 0 spiro atoms. The Labute approximate surface area is 145 Å². The fraction of sp³-hybridized carbons (Fsp3) is 0.375. The molecule has 0 N–H and O–H groups in total. The molecule has 2 aromatic rings. The summed E-state index contributed by atoms with van der Waals surface area (Å²) in [7, 11) is 0. The molecular weight excluding hydrogens is 336 g/mol. The van der Waals surface area contributed by atoms with Gasteiger partial charge in [0.15, 0.2) is 0 Å². The smallest absolute Gasteiger partial charge is 0.202 e. The van der Waals surface area contributed by atoms with Gasteiger partial charge in [0.25, 0.3) is 0 Å². The second kappa shape index (κ2) is 8.65. The fourth-order valence-corrected chi connectivity index (χ4v) is 3.75. The van der Waals surface area contributed by atoms with Gasteiger partial charge in [-0.05, 0) is 24.1 Å². The summed E-state index contributed by atoms with van der Waals surface area (Å²) in [5.41, 5.74) is 1.08. The van der Waals surface area contributed by atoms with Crippen LogP contribution in [0, 0.1) is 0 Å². The second-order valence-corrected chi connectivity index (χ2v) is 7.31. The summed E-state index contributed by atoms with van der Waals surface area (Å²) < 4.78 is 1.98. The number of thioether (sulfide) groups is 1. The van der Waals surface area contributed by atoms with Crippen molar-refractivity contribution in [3.05, 3.63) is 53.6 Å². The molecule has 0 aliphatic carbocycles. The van der Waals surface area contributed by atoms with Crippen molar-refractivity contribution in [1.29, 1.82) is 0 Å². The van der Waals surface area contributed by atoms with Crippen molar-refractivity contribution in [1.82, 2.24) is 9.55 Å². The van der Waals surface area contributed by atoms with Crippen LogP contribution in [0.3, 0.4) is 0 Å². The van der Waals surface area contributed by atoms with Crippen molar-refractivity contribution < 1.29 is 4.79 Å². The number of carbonyl (C=O) groups excluding carboxylic acids is 1. The number of benzene rings is 1. The normalized spacial score (nSPS) is 13.8. The maximum atomic E-state index is 12.3. The van der Waals surface area contributed by atoms with Crippen LogP contribution in [0.4, 0.5) is 0 Å². The molecule has 0 saturated carbocycles. The van der Waals surface area contributed by atoms with E-state index in [0.717, 1.165) is 18.4 Å². The lowest BCUT2D eigenvalue weighted by Crippen LogP contribution is -2.15. The van der Waals surface area contributed by atoms with Crippen LogP contribution in [-0.4, -0.2) is 19.9 Å². The first-order valence-corrected chi connectivity index (χ1v) is 8.97. The van der Waals surface area contributed by atoms with E-state index in [1.807, 2.05) is 35.0 Å². The van der Waals surface area contributed by atoms with Gasteiger partial charge in [-0.1, -0.05) is 48.8 Å². The van der Waals surface area contributed by atoms with Gasteiger partial charge in [-0.25, -0.2) is 4.98 Å². The van der Waals surface area contributed by atoms with Crippen molar-refractivity contribution in [2.45, 2.75) is 36.8 Å². The number of hydrogen-bond donors (Lipinski definition) is 1.